The van der Waals surface area contributed by atoms with E-state index in [1.54, 1.807) is 6.07 Å². The maximum Gasteiger partial charge on any atom is 0.290 e. The second-order valence-electron chi connectivity index (χ2n) is 6.35. The Morgan fingerprint density at radius 3 is 2.71 bits per heavy atom. The minimum absolute atomic E-state index is 0.0725. The number of nitrogens with zero attached hydrogens (tertiary/aromatic N) is 3. The van der Waals surface area contributed by atoms with Gasteiger partial charge in [-0.25, -0.2) is 4.68 Å². The van der Waals surface area contributed by atoms with Gasteiger partial charge in [0.2, 0.25) is 5.91 Å². The number of carbonyl (C=O) groups is 1. The predicted molar refractivity (Wildman–Crippen MR) is 95.8 cm³/mol. The normalized spacial score (nSPS) is 21.0. The number of piperidine rings is 1. The van der Waals surface area contributed by atoms with Gasteiger partial charge in [-0.2, -0.15) is 5.10 Å². The molecule has 24 heavy (non-hydrogen) atoms. The minimum atomic E-state index is -0.416. The molecule has 3 rings (SSSR count). The van der Waals surface area contributed by atoms with E-state index in [2.05, 4.69) is 18.9 Å². The van der Waals surface area contributed by atoms with Crippen molar-refractivity contribution in [3.05, 3.63) is 33.9 Å². The Bertz CT molecular complexity index is 774. The zero-order valence-corrected chi connectivity index (χ0v) is 14.8. The van der Waals surface area contributed by atoms with Crippen LogP contribution in [0.25, 0.3) is 10.6 Å². The number of nitrogens with two attached hydrogens (primary N) is 1. The lowest BCUT2D eigenvalue weighted by atomic mass is 9.97. The molecule has 1 aliphatic rings. The van der Waals surface area contributed by atoms with Crippen molar-refractivity contribution in [1.29, 1.82) is 0 Å². The molecule has 0 unspecified atom stereocenters. The summed E-state index contributed by atoms with van der Waals surface area (Å²) in [4.78, 5) is 27.8. The molecule has 0 spiro atoms. The zero-order chi connectivity index (χ0) is 17.3. The molecular formula is C17H22N4O2S. The second-order valence-corrected chi connectivity index (χ2v) is 7.30. The Hall–Kier alpha value is -2.15. The average Bonchev–Trinajstić information content (AvgIpc) is 3.06. The Kier molecular flexibility index (Phi) is 4.71. The molecule has 2 aromatic heterocycles. The molecule has 7 heteroatoms. The fraction of sp³-hybridized carbons (Fsp3) is 0.471. The van der Waals surface area contributed by atoms with E-state index in [0.29, 0.717) is 5.69 Å². The van der Waals surface area contributed by atoms with E-state index in [4.69, 9.17) is 5.73 Å². The third-order valence-electron chi connectivity index (χ3n) is 4.54. The van der Waals surface area contributed by atoms with E-state index in [-0.39, 0.29) is 30.2 Å². The number of anilines is 1. The largest absolute Gasteiger partial charge is 0.394 e. The first-order valence-electron chi connectivity index (χ1n) is 8.20. The summed E-state index contributed by atoms with van der Waals surface area (Å²) in [6, 6.07) is 5.78. The highest BCUT2D eigenvalue weighted by atomic mass is 32.1. The van der Waals surface area contributed by atoms with E-state index in [9.17, 15) is 9.59 Å². The molecule has 0 bridgehead atoms. The zero-order valence-electron chi connectivity index (χ0n) is 13.9. The van der Waals surface area contributed by atoms with Gasteiger partial charge < -0.3 is 10.6 Å². The van der Waals surface area contributed by atoms with Crippen LogP contribution in [0.4, 0.5) is 5.69 Å². The SMILES string of the molecule is C[C@@H]1CCC[C@H](C)N1C(=O)Cn1nc(-c2cccs2)cc(N)c1=O. The third-order valence-corrected chi connectivity index (χ3v) is 5.43. The van der Waals surface area contributed by atoms with Crippen LogP contribution in [0.5, 0.6) is 0 Å². The van der Waals surface area contributed by atoms with Crippen molar-refractivity contribution in [3.63, 3.8) is 0 Å². The molecule has 0 aromatic carbocycles. The van der Waals surface area contributed by atoms with Crippen LogP contribution in [0, 0.1) is 0 Å². The standard InChI is InChI=1S/C17H22N4O2S/c1-11-5-3-6-12(2)21(11)16(22)10-20-17(23)13(18)9-14(19-20)15-7-4-8-24-15/h4,7-9,11-12H,3,5-6,10,18H2,1-2H3/t11-,12+. The quantitative estimate of drug-likeness (QED) is 0.925. The monoisotopic (exact) mass is 346 g/mol. The van der Waals surface area contributed by atoms with E-state index < -0.39 is 5.56 Å². The molecule has 1 saturated heterocycles. The van der Waals surface area contributed by atoms with Gasteiger partial charge in [-0.05, 0) is 50.6 Å². The number of likely N-dealkylation sites (tertiary alicyclic amines) is 1. The van der Waals surface area contributed by atoms with Gasteiger partial charge in [0.1, 0.15) is 17.9 Å². The Morgan fingerprint density at radius 2 is 2.08 bits per heavy atom. The number of thiophene rings is 1. The minimum Gasteiger partial charge on any atom is -0.394 e. The van der Waals surface area contributed by atoms with E-state index >= 15 is 0 Å². The molecule has 1 fully saturated rings. The first-order valence-corrected chi connectivity index (χ1v) is 9.08. The van der Waals surface area contributed by atoms with Crippen molar-refractivity contribution >= 4 is 22.9 Å². The summed E-state index contributed by atoms with van der Waals surface area (Å²) >= 11 is 1.52. The Morgan fingerprint density at radius 1 is 1.38 bits per heavy atom. The lowest BCUT2D eigenvalue weighted by Gasteiger charge is -2.39. The molecule has 1 amide bonds. The van der Waals surface area contributed by atoms with Gasteiger partial charge in [0, 0.05) is 12.1 Å². The number of hydrogen-bond donors (Lipinski definition) is 1. The van der Waals surface area contributed by atoms with Gasteiger partial charge in [0.05, 0.1) is 4.88 Å². The predicted octanol–water partition coefficient (Wildman–Crippen LogP) is 2.34. The van der Waals surface area contributed by atoms with Crippen molar-refractivity contribution in [1.82, 2.24) is 14.7 Å². The first kappa shape index (κ1) is 16.7. The molecule has 2 atom stereocenters. The average molecular weight is 346 g/mol. The molecule has 3 heterocycles. The van der Waals surface area contributed by atoms with Crippen LogP contribution < -0.4 is 11.3 Å². The van der Waals surface area contributed by atoms with Crippen LogP contribution >= 0.6 is 11.3 Å². The molecule has 0 aliphatic carbocycles. The highest BCUT2D eigenvalue weighted by Crippen LogP contribution is 2.24. The molecule has 1 aliphatic heterocycles. The number of nitrogen functional groups attached to an aromatic ring is 1. The van der Waals surface area contributed by atoms with Gasteiger partial charge in [-0.3, -0.25) is 9.59 Å². The summed E-state index contributed by atoms with van der Waals surface area (Å²) in [6.45, 7) is 4.04. The van der Waals surface area contributed by atoms with E-state index in [0.717, 1.165) is 24.1 Å². The van der Waals surface area contributed by atoms with Crippen molar-refractivity contribution in [2.75, 3.05) is 5.73 Å². The molecule has 0 radical (unpaired) electrons. The maximum atomic E-state index is 12.7. The summed E-state index contributed by atoms with van der Waals surface area (Å²) in [5.74, 6) is -0.0768. The third kappa shape index (κ3) is 3.21. The van der Waals surface area contributed by atoms with Crippen molar-refractivity contribution in [2.45, 2.75) is 51.7 Å². The van der Waals surface area contributed by atoms with Crippen LogP contribution in [0.15, 0.2) is 28.4 Å². The van der Waals surface area contributed by atoms with Crippen LogP contribution in [0.1, 0.15) is 33.1 Å². The number of hydrogen-bond acceptors (Lipinski definition) is 5. The van der Waals surface area contributed by atoms with E-state index in [1.807, 2.05) is 22.4 Å². The van der Waals surface area contributed by atoms with Crippen LogP contribution in [-0.2, 0) is 11.3 Å². The topological polar surface area (TPSA) is 81.2 Å². The summed E-state index contributed by atoms with van der Waals surface area (Å²) in [6.07, 6.45) is 3.12. The highest BCUT2D eigenvalue weighted by Gasteiger charge is 2.29. The Labute approximate surface area is 144 Å². The summed E-state index contributed by atoms with van der Waals surface area (Å²) in [7, 11) is 0. The molecular weight excluding hydrogens is 324 g/mol. The highest BCUT2D eigenvalue weighted by molar-refractivity contribution is 7.13. The van der Waals surface area contributed by atoms with Gasteiger partial charge in [-0.15, -0.1) is 11.3 Å². The summed E-state index contributed by atoms with van der Waals surface area (Å²) in [5.41, 5.74) is 6.16. The van der Waals surface area contributed by atoms with Crippen molar-refractivity contribution in [3.8, 4) is 10.6 Å². The number of amides is 1. The second kappa shape index (κ2) is 6.76. The number of rotatable bonds is 3. The first-order chi connectivity index (χ1) is 11.5. The molecule has 0 saturated carbocycles. The Balaban J connectivity index is 1.89. The smallest absolute Gasteiger partial charge is 0.290 e. The molecule has 2 aromatic rings. The van der Waals surface area contributed by atoms with Crippen LogP contribution in [-0.4, -0.2) is 32.7 Å². The number of aromatic nitrogens is 2. The molecule has 2 N–H and O–H groups in total. The van der Waals surface area contributed by atoms with Gasteiger partial charge >= 0.3 is 0 Å². The van der Waals surface area contributed by atoms with Gasteiger partial charge in [-0.1, -0.05) is 6.07 Å². The lowest BCUT2D eigenvalue weighted by Crippen LogP contribution is -2.49. The van der Waals surface area contributed by atoms with E-state index in [1.165, 1.54) is 16.0 Å². The van der Waals surface area contributed by atoms with Crippen LogP contribution in [0.3, 0.4) is 0 Å². The van der Waals surface area contributed by atoms with Crippen molar-refractivity contribution in [2.24, 2.45) is 0 Å². The fourth-order valence-corrected chi connectivity index (χ4v) is 4.02. The summed E-state index contributed by atoms with van der Waals surface area (Å²) in [5, 5.41) is 6.28. The van der Waals surface area contributed by atoms with Gasteiger partial charge in [0.25, 0.3) is 5.56 Å². The summed E-state index contributed by atoms with van der Waals surface area (Å²) < 4.78 is 1.20. The van der Waals surface area contributed by atoms with Crippen LogP contribution in [0.2, 0.25) is 0 Å². The van der Waals surface area contributed by atoms with Gasteiger partial charge in [0.15, 0.2) is 0 Å². The lowest BCUT2D eigenvalue weighted by molar-refractivity contribution is -0.138. The maximum absolute atomic E-state index is 12.7. The molecule has 6 nitrogen and oxygen atoms in total. The number of carbonyl (C=O) groups excluding carboxylic acids is 1. The van der Waals surface area contributed by atoms with Crippen molar-refractivity contribution < 1.29 is 4.79 Å². The molecule has 128 valence electrons. The fourth-order valence-electron chi connectivity index (χ4n) is 3.34.